The van der Waals surface area contributed by atoms with Crippen molar-refractivity contribution in [1.82, 2.24) is 0 Å². The van der Waals surface area contributed by atoms with Crippen molar-refractivity contribution in [2.75, 3.05) is 31.3 Å². The number of likely N-dealkylation sites (N-methyl/N-ethyl adjacent to an activating group) is 1. The van der Waals surface area contributed by atoms with Crippen LogP contribution < -0.4 is 20.3 Å². The first-order chi connectivity index (χ1) is 14.0. The summed E-state index contributed by atoms with van der Waals surface area (Å²) in [5.74, 6) is 0.451. The Morgan fingerprint density at radius 3 is 2.24 bits per heavy atom. The van der Waals surface area contributed by atoms with Gasteiger partial charge in [-0.2, -0.15) is 11.3 Å². The molecule has 3 N–H and O–H groups in total. The highest BCUT2D eigenvalue weighted by molar-refractivity contribution is 7.07. The lowest BCUT2D eigenvalue weighted by molar-refractivity contribution is -0.885. The second-order valence-electron chi connectivity index (χ2n) is 6.75. The van der Waals surface area contributed by atoms with Crippen LogP contribution in [0.4, 0.5) is 11.4 Å². The zero-order valence-electron chi connectivity index (χ0n) is 16.4. The Balaban J connectivity index is 1.50. The van der Waals surface area contributed by atoms with E-state index in [0.29, 0.717) is 23.5 Å². The number of methoxy groups -OCH3 is 1. The first-order valence-electron chi connectivity index (χ1n) is 9.21. The Kier molecular flexibility index (Phi) is 6.99. The Morgan fingerprint density at radius 1 is 0.966 bits per heavy atom. The first-order valence-corrected chi connectivity index (χ1v) is 10.2. The van der Waals surface area contributed by atoms with Crippen LogP contribution in [0.25, 0.3) is 0 Å². The molecule has 1 aromatic heterocycles. The molecule has 6 nitrogen and oxygen atoms in total. The zero-order chi connectivity index (χ0) is 20.6. The van der Waals surface area contributed by atoms with E-state index in [2.05, 4.69) is 22.1 Å². The molecule has 1 atom stereocenters. The highest BCUT2D eigenvalue weighted by Crippen LogP contribution is 2.16. The summed E-state index contributed by atoms with van der Waals surface area (Å²) in [4.78, 5) is 25.7. The number of ether oxygens (including phenoxy) is 1. The highest BCUT2D eigenvalue weighted by Gasteiger charge is 2.12. The van der Waals surface area contributed by atoms with E-state index >= 15 is 0 Å². The molecule has 3 aromatic rings. The molecular formula is C22H24N3O3S+. The minimum absolute atomic E-state index is 0.0619. The topological polar surface area (TPSA) is 71.9 Å². The molecule has 0 saturated heterocycles. The molecule has 2 amide bonds. The quantitative estimate of drug-likeness (QED) is 0.535. The maximum atomic E-state index is 12.4. The predicted molar refractivity (Wildman–Crippen MR) is 116 cm³/mol. The van der Waals surface area contributed by atoms with Crippen LogP contribution in [-0.2, 0) is 11.3 Å². The minimum atomic E-state index is -0.215. The normalized spacial score (nSPS) is 11.5. The summed E-state index contributed by atoms with van der Waals surface area (Å²) < 4.78 is 5.11. The van der Waals surface area contributed by atoms with Gasteiger partial charge in [0.2, 0.25) is 0 Å². The van der Waals surface area contributed by atoms with Gasteiger partial charge in [-0.05, 0) is 65.4 Å². The van der Waals surface area contributed by atoms with E-state index in [-0.39, 0.29) is 11.8 Å². The van der Waals surface area contributed by atoms with E-state index in [9.17, 15) is 9.59 Å². The molecule has 0 aliphatic heterocycles. The molecule has 29 heavy (non-hydrogen) atoms. The van der Waals surface area contributed by atoms with Crippen molar-refractivity contribution < 1.29 is 19.2 Å². The molecule has 0 aliphatic carbocycles. The van der Waals surface area contributed by atoms with Gasteiger partial charge in [0.25, 0.3) is 11.8 Å². The molecule has 1 heterocycles. The lowest BCUT2D eigenvalue weighted by Crippen LogP contribution is -3.08. The van der Waals surface area contributed by atoms with Crippen molar-refractivity contribution in [2.24, 2.45) is 0 Å². The molecular weight excluding hydrogens is 386 g/mol. The van der Waals surface area contributed by atoms with Crippen molar-refractivity contribution in [1.29, 1.82) is 0 Å². The number of carbonyl (C=O) groups excluding carboxylic acids is 2. The average Bonchev–Trinajstić information content (AvgIpc) is 3.21. The van der Waals surface area contributed by atoms with Crippen LogP contribution in [-0.4, -0.2) is 32.5 Å². The van der Waals surface area contributed by atoms with Gasteiger partial charge in [0.1, 0.15) is 12.3 Å². The molecule has 0 radical (unpaired) electrons. The van der Waals surface area contributed by atoms with Gasteiger partial charge in [0.15, 0.2) is 6.54 Å². The maximum absolute atomic E-state index is 12.4. The summed E-state index contributed by atoms with van der Waals surface area (Å²) in [5.41, 5.74) is 3.09. The maximum Gasteiger partial charge on any atom is 0.279 e. The molecule has 3 rings (SSSR count). The molecule has 150 valence electrons. The first kappa shape index (κ1) is 20.6. The summed E-state index contributed by atoms with van der Waals surface area (Å²) in [6.07, 6.45) is 0. The van der Waals surface area contributed by atoms with Gasteiger partial charge in [-0.1, -0.05) is 0 Å². The van der Waals surface area contributed by atoms with Crippen molar-refractivity contribution in [3.05, 3.63) is 76.5 Å². The van der Waals surface area contributed by atoms with Gasteiger partial charge in [-0.15, -0.1) is 0 Å². The van der Waals surface area contributed by atoms with Crippen LogP contribution in [0.3, 0.4) is 0 Å². The standard InChI is InChI=1S/C22H23N3O3S/c1-25(13-16-11-12-29-15-16)14-21(26)23-18-5-3-17(4-6-18)22(27)24-19-7-9-20(28-2)10-8-19/h3-12,15H,13-14H2,1-2H3,(H,23,26)(H,24,27)/p+1. The largest absolute Gasteiger partial charge is 0.497 e. The third kappa shape index (κ3) is 6.17. The fourth-order valence-corrected chi connectivity index (χ4v) is 3.53. The van der Waals surface area contributed by atoms with Gasteiger partial charge < -0.3 is 20.3 Å². The van der Waals surface area contributed by atoms with Crippen molar-refractivity contribution in [2.45, 2.75) is 6.54 Å². The lowest BCUT2D eigenvalue weighted by Gasteiger charge is -2.13. The lowest BCUT2D eigenvalue weighted by atomic mass is 10.2. The molecule has 7 heteroatoms. The van der Waals surface area contributed by atoms with Gasteiger partial charge in [0, 0.05) is 22.5 Å². The van der Waals surface area contributed by atoms with Crippen LogP contribution in [0.2, 0.25) is 0 Å². The molecule has 0 bridgehead atoms. The van der Waals surface area contributed by atoms with Gasteiger partial charge in [0.05, 0.1) is 14.2 Å². The summed E-state index contributed by atoms with van der Waals surface area (Å²) in [6, 6.07) is 16.0. The summed E-state index contributed by atoms with van der Waals surface area (Å²) >= 11 is 1.66. The van der Waals surface area contributed by atoms with Gasteiger partial charge in [-0.3, -0.25) is 9.59 Å². The number of hydrogen-bond acceptors (Lipinski definition) is 4. The number of nitrogens with one attached hydrogen (secondary N) is 3. The van der Waals surface area contributed by atoms with E-state index in [1.807, 2.05) is 12.4 Å². The molecule has 0 fully saturated rings. The van der Waals surface area contributed by atoms with E-state index in [1.54, 1.807) is 67.0 Å². The Labute approximate surface area is 174 Å². The van der Waals surface area contributed by atoms with Gasteiger partial charge >= 0.3 is 0 Å². The van der Waals surface area contributed by atoms with Crippen LogP contribution in [0.1, 0.15) is 15.9 Å². The van der Waals surface area contributed by atoms with Crippen molar-refractivity contribution in [3.8, 4) is 5.75 Å². The highest BCUT2D eigenvalue weighted by atomic mass is 32.1. The number of quaternary nitrogens is 1. The molecule has 0 spiro atoms. The third-order valence-electron chi connectivity index (χ3n) is 4.33. The molecule has 0 saturated carbocycles. The second-order valence-corrected chi connectivity index (χ2v) is 7.53. The summed E-state index contributed by atoms with van der Waals surface area (Å²) in [7, 11) is 3.58. The van der Waals surface area contributed by atoms with E-state index in [0.717, 1.165) is 17.2 Å². The number of rotatable bonds is 8. The summed E-state index contributed by atoms with van der Waals surface area (Å²) in [5, 5.41) is 9.84. The Hall–Kier alpha value is -3.16. The third-order valence-corrected chi connectivity index (χ3v) is 5.06. The predicted octanol–water partition coefficient (Wildman–Crippen LogP) is 2.66. The second kappa shape index (κ2) is 9.86. The fraction of sp³-hybridized carbons (Fsp3) is 0.182. The van der Waals surface area contributed by atoms with E-state index < -0.39 is 0 Å². The number of carbonyl (C=O) groups is 2. The number of anilines is 2. The molecule has 0 aliphatic rings. The van der Waals surface area contributed by atoms with E-state index in [1.165, 1.54) is 5.56 Å². The average molecular weight is 411 g/mol. The molecule has 1 unspecified atom stereocenters. The number of benzene rings is 2. The van der Waals surface area contributed by atoms with Crippen LogP contribution in [0.15, 0.2) is 65.4 Å². The zero-order valence-corrected chi connectivity index (χ0v) is 17.2. The van der Waals surface area contributed by atoms with Gasteiger partial charge in [-0.25, -0.2) is 0 Å². The van der Waals surface area contributed by atoms with Crippen LogP contribution in [0.5, 0.6) is 5.75 Å². The molecule has 2 aromatic carbocycles. The van der Waals surface area contributed by atoms with Crippen molar-refractivity contribution >= 4 is 34.5 Å². The van der Waals surface area contributed by atoms with E-state index in [4.69, 9.17) is 4.74 Å². The minimum Gasteiger partial charge on any atom is -0.497 e. The smallest absolute Gasteiger partial charge is 0.279 e. The number of hydrogen-bond donors (Lipinski definition) is 3. The number of thiophene rings is 1. The Morgan fingerprint density at radius 2 is 1.62 bits per heavy atom. The fourth-order valence-electron chi connectivity index (χ4n) is 2.87. The van der Waals surface area contributed by atoms with Crippen LogP contribution >= 0.6 is 11.3 Å². The van der Waals surface area contributed by atoms with Crippen LogP contribution in [0, 0.1) is 0 Å². The van der Waals surface area contributed by atoms with Crippen molar-refractivity contribution in [3.63, 3.8) is 0 Å². The Bertz CT molecular complexity index is 938. The summed E-state index contributed by atoms with van der Waals surface area (Å²) in [6.45, 7) is 1.18. The monoisotopic (exact) mass is 410 g/mol. The SMILES string of the molecule is COc1ccc(NC(=O)c2ccc(NC(=O)C[NH+](C)Cc3ccsc3)cc2)cc1. The number of amides is 2.